The molecule has 0 aliphatic heterocycles. The molecule has 0 unspecified atom stereocenters. The zero-order valence-corrected chi connectivity index (χ0v) is 11.3. The van der Waals surface area contributed by atoms with Crippen LogP contribution >= 0.6 is 11.3 Å². The molecule has 1 heterocycles. The Morgan fingerprint density at radius 1 is 1.39 bits per heavy atom. The highest BCUT2D eigenvalue weighted by molar-refractivity contribution is 7.09. The first-order valence-corrected chi connectivity index (χ1v) is 6.52. The van der Waals surface area contributed by atoms with E-state index in [1.165, 1.54) is 0 Å². The van der Waals surface area contributed by atoms with Gasteiger partial charge in [0.1, 0.15) is 6.61 Å². The Kier molecular flexibility index (Phi) is 4.17. The van der Waals surface area contributed by atoms with Gasteiger partial charge in [-0.1, -0.05) is 12.1 Å². The lowest BCUT2D eigenvalue weighted by atomic mass is 10.2. The van der Waals surface area contributed by atoms with E-state index in [1.807, 2.05) is 30.5 Å². The van der Waals surface area contributed by atoms with Gasteiger partial charge in [-0.25, -0.2) is 4.98 Å². The van der Waals surface area contributed by atoms with Gasteiger partial charge in [0.15, 0.2) is 11.5 Å². The lowest BCUT2D eigenvalue weighted by Crippen LogP contribution is -2.04. The van der Waals surface area contributed by atoms with Crippen molar-refractivity contribution in [1.29, 1.82) is 0 Å². The number of ether oxygens (including phenoxy) is 2. The molecule has 0 spiro atoms. The van der Waals surface area contributed by atoms with Crippen LogP contribution in [0, 0.1) is 6.92 Å². The highest BCUT2D eigenvalue weighted by Gasteiger charge is 2.10. The summed E-state index contributed by atoms with van der Waals surface area (Å²) in [4.78, 5) is 4.36. The summed E-state index contributed by atoms with van der Waals surface area (Å²) in [7, 11) is 1.62. The van der Waals surface area contributed by atoms with E-state index in [0.29, 0.717) is 24.7 Å². The largest absolute Gasteiger partial charge is 0.493 e. The van der Waals surface area contributed by atoms with Crippen LogP contribution in [0.3, 0.4) is 0 Å². The van der Waals surface area contributed by atoms with Crippen molar-refractivity contribution in [2.75, 3.05) is 7.11 Å². The van der Waals surface area contributed by atoms with Crippen LogP contribution in [0.1, 0.15) is 16.3 Å². The molecule has 0 bridgehead atoms. The molecule has 0 amide bonds. The fraction of sp³-hybridized carbons (Fsp3) is 0.308. The van der Waals surface area contributed by atoms with Gasteiger partial charge in [-0.2, -0.15) is 0 Å². The summed E-state index contributed by atoms with van der Waals surface area (Å²) in [6.07, 6.45) is 0. The van der Waals surface area contributed by atoms with Gasteiger partial charge in [0, 0.05) is 17.5 Å². The third kappa shape index (κ3) is 2.80. The molecule has 2 aromatic rings. The zero-order valence-electron chi connectivity index (χ0n) is 10.5. The number of hydrogen-bond donors (Lipinski definition) is 1. The Bertz CT molecular complexity index is 503. The van der Waals surface area contributed by atoms with Gasteiger partial charge in [-0.05, 0) is 13.0 Å². The Hall–Kier alpha value is -1.59. The third-order valence-corrected chi connectivity index (χ3v) is 3.35. The number of benzene rings is 1. The van der Waals surface area contributed by atoms with Gasteiger partial charge in [0.25, 0.3) is 0 Å². The molecule has 4 nitrogen and oxygen atoms in total. The summed E-state index contributed by atoms with van der Waals surface area (Å²) >= 11 is 1.61. The summed E-state index contributed by atoms with van der Waals surface area (Å²) in [6.45, 7) is 2.82. The molecule has 0 aliphatic rings. The molecule has 96 valence electrons. The van der Waals surface area contributed by atoms with E-state index < -0.39 is 0 Å². The van der Waals surface area contributed by atoms with E-state index in [0.717, 1.165) is 16.3 Å². The molecule has 0 saturated heterocycles. The Morgan fingerprint density at radius 3 is 2.83 bits per heavy atom. The van der Waals surface area contributed by atoms with Crippen molar-refractivity contribution < 1.29 is 9.47 Å². The quantitative estimate of drug-likeness (QED) is 0.901. The molecule has 1 aromatic carbocycles. The van der Waals surface area contributed by atoms with Gasteiger partial charge in [0.05, 0.1) is 17.8 Å². The van der Waals surface area contributed by atoms with Gasteiger partial charge in [-0.3, -0.25) is 0 Å². The van der Waals surface area contributed by atoms with Crippen LogP contribution in [0.15, 0.2) is 23.6 Å². The zero-order chi connectivity index (χ0) is 13.0. The maximum Gasteiger partial charge on any atom is 0.166 e. The predicted octanol–water partition coefficient (Wildman–Crippen LogP) is 2.50. The van der Waals surface area contributed by atoms with Crippen LogP contribution in [0.2, 0.25) is 0 Å². The number of thiazole rings is 1. The standard InChI is InChI=1S/C13H16N2O2S/c1-9-15-11(8-18-9)7-17-13-10(6-14)4-3-5-12(13)16-2/h3-5,8H,6-7,14H2,1-2H3. The normalized spacial score (nSPS) is 10.4. The molecule has 18 heavy (non-hydrogen) atoms. The van der Waals surface area contributed by atoms with E-state index in [2.05, 4.69) is 4.98 Å². The van der Waals surface area contributed by atoms with Crippen LogP contribution < -0.4 is 15.2 Å². The number of nitrogens with zero attached hydrogens (tertiary/aromatic N) is 1. The van der Waals surface area contributed by atoms with Gasteiger partial charge in [0.2, 0.25) is 0 Å². The van der Waals surface area contributed by atoms with Crippen LogP contribution in [-0.2, 0) is 13.2 Å². The average molecular weight is 264 g/mol. The number of aromatic nitrogens is 1. The third-order valence-electron chi connectivity index (χ3n) is 2.53. The minimum atomic E-state index is 0.419. The highest BCUT2D eigenvalue weighted by atomic mass is 32.1. The van der Waals surface area contributed by atoms with Gasteiger partial charge in [-0.15, -0.1) is 11.3 Å². The van der Waals surface area contributed by atoms with Gasteiger partial charge >= 0.3 is 0 Å². The van der Waals surface area contributed by atoms with Crippen molar-refractivity contribution in [3.63, 3.8) is 0 Å². The molecule has 0 aliphatic carbocycles. The number of rotatable bonds is 5. The minimum absolute atomic E-state index is 0.419. The van der Waals surface area contributed by atoms with E-state index in [9.17, 15) is 0 Å². The smallest absolute Gasteiger partial charge is 0.166 e. The van der Waals surface area contributed by atoms with Crippen LogP contribution in [0.5, 0.6) is 11.5 Å². The molecule has 0 radical (unpaired) electrons. The number of aryl methyl sites for hydroxylation is 1. The van der Waals surface area contributed by atoms with Crippen molar-refractivity contribution in [3.05, 3.63) is 39.8 Å². The first-order chi connectivity index (χ1) is 8.74. The number of methoxy groups -OCH3 is 1. The lowest BCUT2D eigenvalue weighted by molar-refractivity contribution is 0.278. The molecule has 1 aromatic heterocycles. The number of nitrogens with two attached hydrogens (primary N) is 1. The molecule has 0 saturated carbocycles. The Morgan fingerprint density at radius 2 is 2.22 bits per heavy atom. The van der Waals surface area contributed by atoms with Crippen LogP contribution in [-0.4, -0.2) is 12.1 Å². The first-order valence-electron chi connectivity index (χ1n) is 5.64. The van der Waals surface area contributed by atoms with E-state index in [-0.39, 0.29) is 0 Å². The van der Waals surface area contributed by atoms with Crippen molar-refractivity contribution in [2.24, 2.45) is 5.73 Å². The summed E-state index contributed by atoms with van der Waals surface area (Å²) in [5.41, 5.74) is 7.55. The van der Waals surface area contributed by atoms with Crippen molar-refractivity contribution in [2.45, 2.75) is 20.1 Å². The van der Waals surface area contributed by atoms with E-state index >= 15 is 0 Å². The number of hydrogen-bond acceptors (Lipinski definition) is 5. The maximum atomic E-state index is 5.79. The summed E-state index contributed by atoms with van der Waals surface area (Å²) in [5.74, 6) is 1.40. The Labute approximate surface area is 110 Å². The highest BCUT2D eigenvalue weighted by Crippen LogP contribution is 2.31. The van der Waals surface area contributed by atoms with Crippen molar-refractivity contribution in [1.82, 2.24) is 4.98 Å². The fourth-order valence-corrected chi connectivity index (χ4v) is 2.26. The van der Waals surface area contributed by atoms with E-state index in [1.54, 1.807) is 18.4 Å². The van der Waals surface area contributed by atoms with Crippen LogP contribution in [0.4, 0.5) is 0 Å². The molecule has 0 atom stereocenters. The monoisotopic (exact) mass is 264 g/mol. The first kappa shape index (κ1) is 12.9. The summed E-state index contributed by atoms with van der Waals surface area (Å²) in [5, 5.41) is 3.03. The molecule has 2 rings (SSSR count). The van der Waals surface area contributed by atoms with Crippen molar-refractivity contribution in [3.8, 4) is 11.5 Å². The maximum absolute atomic E-state index is 5.79. The average Bonchev–Trinajstić information content (AvgIpc) is 2.81. The second-order valence-corrected chi connectivity index (χ2v) is 4.86. The molecule has 5 heteroatoms. The number of para-hydroxylation sites is 1. The van der Waals surface area contributed by atoms with Gasteiger partial charge < -0.3 is 15.2 Å². The predicted molar refractivity (Wildman–Crippen MR) is 72.1 cm³/mol. The summed E-state index contributed by atoms with van der Waals surface area (Å²) < 4.78 is 11.1. The topological polar surface area (TPSA) is 57.4 Å². The molecular formula is C13H16N2O2S. The van der Waals surface area contributed by atoms with Crippen LogP contribution in [0.25, 0.3) is 0 Å². The lowest BCUT2D eigenvalue weighted by Gasteiger charge is -2.13. The Balaban J connectivity index is 2.17. The molecule has 2 N–H and O–H groups in total. The molecule has 0 fully saturated rings. The second-order valence-electron chi connectivity index (χ2n) is 3.80. The van der Waals surface area contributed by atoms with Crippen molar-refractivity contribution >= 4 is 11.3 Å². The fourth-order valence-electron chi connectivity index (χ4n) is 1.67. The minimum Gasteiger partial charge on any atom is -0.493 e. The SMILES string of the molecule is COc1cccc(CN)c1OCc1csc(C)n1. The second kappa shape index (κ2) is 5.84. The van der Waals surface area contributed by atoms with E-state index in [4.69, 9.17) is 15.2 Å². The molecular weight excluding hydrogens is 248 g/mol. The summed E-state index contributed by atoms with van der Waals surface area (Å²) in [6, 6.07) is 5.70.